The summed E-state index contributed by atoms with van der Waals surface area (Å²) in [5.74, 6) is 9.95. The fraction of sp³-hybridized carbons (Fsp3) is 0.167. The summed E-state index contributed by atoms with van der Waals surface area (Å²) in [6.07, 6.45) is 4.87. The molecule has 1 unspecified atom stereocenters. The number of allylic oxidation sites excluding steroid dienone is 4. The Hall–Kier alpha value is -1.37. The molecule has 0 heterocycles. The van der Waals surface area contributed by atoms with E-state index in [2.05, 4.69) is 0 Å². The van der Waals surface area contributed by atoms with E-state index >= 15 is 0 Å². The Labute approximate surface area is 69.2 Å². The molecule has 0 aromatic heterocycles. The van der Waals surface area contributed by atoms with Crippen LogP contribution < -0.4 is 16.9 Å². The van der Waals surface area contributed by atoms with Crippen LogP contribution in [0.4, 0.5) is 0 Å². The van der Waals surface area contributed by atoms with Crippen molar-refractivity contribution in [1.82, 2.24) is 0 Å². The summed E-state index contributed by atoms with van der Waals surface area (Å²) in [4.78, 5) is 0.229. The molecule has 0 bridgehead atoms. The lowest BCUT2D eigenvalue weighted by atomic mass is 10.1. The van der Waals surface area contributed by atoms with E-state index in [4.69, 9.17) is 11.7 Å². The van der Waals surface area contributed by atoms with Gasteiger partial charge in [-0.25, -0.2) is 0 Å². The fourth-order valence-electron chi connectivity index (χ4n) is 0.909. The van der Waals surface area contributed by atoms with Gasteiger partial charge in [0.1, 0.15) is 12.1 Å². The van der Waals surface area contributed by atoms with Crippen LogP contribution in [-0.4, -0.2) is 10.6 Å². The standard InChI is InChI=1S/C6H10N4O2/c7-9(11)5-2-1-3-6(4-5)10(8)12/h1-3,9H,4,7-8H2/b10-6-. The van der Waals surface area contributed by atoms with Gasteiger partial charge in [0.25, 0.3) is 0 Å². The van der Waals surface area contributed by atoms with Crippen LogP contribution in [0.25, 0.3) is 0 Å². The van der Waals surface area contributed by atoms with Crippen molar-refractivity contribution in [1.29, 1.82) is 0 Å². The molecule has 1 rings (SSSR count). The van der Waals surface area contributed by atoms with E-state index in [1.165, 1.54) is 0 Å². The summed E-state index contributed by atoms with van der Waals surface area (Å²) >= 11 is 0. The van der Waals surface area contributed by atoms with Crippen molar-refractivity contribution >= 4 is 5.71 Å². The molecule has 0 saturated heterocycles. The van der Waals surface area contributed by atoms with E-state index in [-0.39, 0.29) is 11.3 Å². The molecule has 5 N–H and O–H groups in total. The Balaban J connectivity index is 2.82. The molecule has 6 heteroatoms. The molecule has 12 heavy (non-hydrogen) atoms. The van der Waals surface area contributed by atoms with Gasteiger partial charge in [0.15, 0.2) is 0 Å². The third kappa shape index (κ3) is 1.82. The molecule has 0 spiro atoms. The molecule has 0 saturated carbocycles. The highest BCUT2D eigenvalue weighted by Crippen LogP contribution is 2.02. The van der Waals surface area contributed by atoms with Gasteiger partial charge in [0.2, 0.25) is 5.71 Å². The second-order valence-electron chi connectivity index (χ2n) is 2.41. The monoisotopic (exact) mass is 170 g/mol. The van der Waals surface area contributed by atoms with Crippen LogP contribution in [0, 0.1) is 10.4 Å². The number of rotatable bonds is 1. The lowest BCUT2D eigenvalue weighted by Crippen LogP contribution is -3.11. The molecule has 1 atom stereocenters. The van der Waals surface area contributed by atoms with Crippen molar-refractivity contribution in [3.8, 4) is 0 Å². The number of hydrazone groups is 1. The minimum absolute atomic E-state index is 0.200. The molecule has 0 aromatic rings. The molecular formula is C6H10N4O2. The van der Waals surface area contributed by atoms with Crippen molar-refractivity contribution in [3.05, 3.63) is 34.3 Å². The average molecular weight is 170 g/mol. The highest BCUT2D eigenvalue weighted by Gasteiger charge is 2.15. The van der Waals surface area contributed by atoms with Crippen LogP contribution in [0.15, 0.2) is 23.9 Å². The summed E-state index contributed by atoms with van der Waals surface area (Å²) < 4.78 is 0. The van der Waals surface area contributed by atoms with Crippen molar-refractivity contribution in [2.75, 3.05) is 0 Å². The first-order valence-corrected chi connectivity index (χ1v) is 3.36. The molecule has 0 amide bonds. The Bertz CT molecular complexity index is 263. The maximum absolute atomic E-state index is 10.7. The molecule has 66 valence electrons. The zero-order valence-corrected chi connectivity index (χ0v) is 6.36. The zero-order chi connectivity index (χ0) is 9.14. The molecule has 0 aromatic carbocycles. The zero-order valence-electron chi connectivity index (χ0n) is 6.36. The Morgan fingerprint density at radius 2 is 2.25 bits per heavy atom. The van der Waals surface area contributed by atoms with Crippen molar-refractivity contribution in [2.45, 2.75) is 6.42 Å². The normalized spacial score (nSPS) is 23.3. The third-order valence-electron chi connectivity index (χ3n) is 1.56. The van der Waals surface area contributed by atoms with Gasteiger partial charge in [0, 0.05) is 6.08 Å². The van der Waals surface area contributed by atoms with Gasteiger partial charge in [-0.15, -0.1) is 0 Å². The first-order valence-electron chi connectivity index (χ1n) is 3.36. The number of hydrogen-bond acceptors (Lipinski definition) is 4. The Morgan fingerprint density at radius 1 is 1.58 bits per heavy atom. The van der Waals surface area contributed by atoms with Crippen LogP contribution >= 0.6 is 0 Å². The predicted molar refractivity (Wildman–Crippen MR) is 43.2 cm³/mol. The quantitative estimate of drug-likeness (QED) is 0.181. The lowest BCUT2D eigenvalue weighted by molar-refractivity contribution is -0.820. The van der Waals surface area contributed by atoms with Crippen LogP contribution in [0.1, 0.15) is 6.42 Å². The van der Waals surface area contributed by atoms with Crippen molar-refractivity contribution in [3.63, 3.8) is 0 Å². The van der Waals surface area contributed by atoms with Crippen LogP contribution in [0.3, 0.4) is 0 Å². The third-order valence-corrected chi connectivity index (χ3v) is 1.56. The highest BCUT2D eigenvalue weighted by atomic mass is 16.5. The average Bonchev–Trinajstić information content (AvgIpc) is 2.04. The van der Waals surface area contributed by atoms with Gasteiger partial charge >= 0.3 is 0 Å². The van der Waals surface area contributed by atoms with Crippen molar-refractivity contribution in [2.24, 2.45) is 11.7 Å². The number of hydroxylamine groups is 1. The number of hydrogen-bond donors (Lipinski definition) is 3. The van der Waals surface area contributed by atoms with Gasteiger partial charge < -0.3 is 10.4 Å². The number of quaternary nitrogens is 1. The minimum Gasteiger partial charge on any atom is -0.608 e. The van der Waals surface area contributed by atoms with Gasteiger partial charge in [-0.05, 0) is 6.08 Å². The van der Waals surface area contributed by atoms with E-state index in [1.54, 1.807) is 18.2 Å². The Morgan fingerprint density at radius 3 is 2.75 bits per heavy atom. The maximum Gasteiger partial charge on any atom is 0.228 e. The summed E-state index contributed by atoms with van der Waals surface area (Å²) in [5.41, 5.74) is 0.713. The molecule has 0 radical (unpaired) electrons. The predicted octanol–water partition coefficient (Wildman–Crippen LogP) is -2.09. The maximum atomic E-state index is 10.7. The first kappa shape index (κ1) is 8.72. The molecule has 6 nitrogen and oxygen atoms in total. The van der Waals surface area contributed by atoms with E-state index in [0.29, 0.717) is 11.4 Å². The van der Waals surface area contributed by atoms with Gasteiger partial charge in [0.05, 0.1) is 0 Å². The summed E-state index contributed by atoms with van der Waals surface area (Å²) in [6, 6.07) is 0. The second kappa shape index (κ2) is 3.35. The van der Waals surface area contributed by atoms with Crippen LogP contribution in [0.5, 0.6) is 0 Å². The van der Waals surface area contributed by atoms with E-state index < -0.39 is 5.17 Å². The van der Waals surface area contributed by atoms with E-state index in [9.17, 15) is 10.4 Å². The second-order valence-corrected chi connectivity index (χ2v) is 2.41. The molecule has 1 aliphatic carbocycles. The molecular weight excluding hydrogens is 160 g/mol. The van der Waals surface area contributed by atoms with Gasteiger partial charge in [-0.1, -0.05) is 10.9 Å². The van der Waals surface area contributed by atoms with E-state index in [0.717, 1.165) is 0 Å². The minimum atomic E-state index is -0.529. The number of nitrogens with two attached hydrogens (primary N) is 2. The van der Waals surface area contributed by atoms with Crippen LogP contribution in [0.2, 0.25) is 0 Å². The largest absolute Gasteiger partial charge is 0.608 e. The summed E-state index contributed by atoms with van der Waals surface area (Å²) in [7, 11) is 0. The topological polar surface area (TPSA) is 106 Å². The smallest absolute Gasteiger partial charge is 0.228 e. The van der Waals surface area contributed by atoms with E-state index in [1.807, 2.05) is 0 Å². The van der Waals surface area contributed by atoms with Crippen LogP contribution in [-0.2, 0) is 0 Å². The first-order chi connectivity index (χ1) is 5.61. The molecule has 0 fully saturated rings. The Kier molecular flexibility index (Phi) is 2.44. The number of hydrazine groups is 1. The number of nitrogens with one attached hydrogen (secondary N) is 1. The highest BCUT2D eigenvalue weighted by molar-refractivity contribution is 5.93. The van der Waals surface area contributed by atoms with Gasteiger partial charge in [-0.3, -0.25) is 5.17 Å². The SMILES string of the molecule is N/[N+]([O-])=C1\C=CC=C([NH+](N)[O-])C1. The summed E-state index contributed by atoms with van der Waals surface area (Å²) in [6.45, 7) is 0. The fourth-order valence-corrected chi connectivity index (χ4v) is 0.909. The van der Waals surface area contributed by atoms with Gasteiger partial charge in [-0.2, -0.15) is 11.7 Å². The molecule has 1 aliphatic rings. The molecule has 0 aliphatic heterocycles. The summed E-state index contributed by atoms with van der Waals surface area (Å²) in [5, 5.41) is 20.7. The number of nitrogens with zero attached hydrogens (tertiary/aromatic N) is 1. The lowest BCUT2D eigenvalue weighted by Gasteiger charge is -2.18. The van der Waals surface area contributed by atoms with Crippen molar-refractivity contribution < 1.29 is 10.0 Å².